The molecule has 6 nitrogen and oxygen atoms in total. The van der Waals surface area contributed by atoms with Crippen LogP contribution in [0, 0.1) is 5.82 Å². The third-order valence-electron chi connectivity index (χ3n) is 3.74. The maximum atomic E-state index is 12.8. The molecule has 0 bridgehead atoms. The van der Waals surface area contributed by atoms with Crippen LogP contribution < -0.4 is 14.8 Å². The van der Waals surface area contributed by atoms with Crippen LogP contribution in [0.4, 0.5) is 4.39 Å². The average Bonchev–Trinajstić information content (AvgIpc) is 2.69. The Hall–Kier alpha value is -2.80. The normalized spacial score (nSPS) is 10.3. The smallest absolute Gasteiger partial charge is 0.338 e. The van der Waals surface area contributed by atoms with Gasteiger partial charge in [0.05, 0.1) is 24.3 Å². The highest BCUT2D eigenvalue weighted by atomic mass is 35.5. The topological polar surface area (TPSA) is 73.9 Å². The first-order valence-corrected chi connectivity index (χ1v) is 9.01. The molecule has 0 spiro atoms. The first kappa shape index (κ1) is 21.5. The van der Waals surface area contributed by atoms with Crippen molar-refractivity contribution in [1.29, 1.82) is 0 Å². The summed E-state index contributed by atoms with van der Waals surface area (Å²) in [5.41, 5.74) is 1.03. The summed E-state index contributed by atoms with van der Waals surface area (Å²) in [5, 5.41) is 2.84. The molecule has 0 heterocycles. The molecule has 1 amide bonds. The predicted octanol–water partition coefficient (Wildman–Crippen LogP) is 3.40. The minimum absolute atomic E-state index is 0.143. The van der Waals surface area contributed by atoms with E-state index in [0.717, 1.165) is 5.56 Å². The number of benzene rings is 2. The second-order valence-electron chi connectivity index (χ2n) is 5.73. The number of carbonyl (C=O) groups is 2. The molecule has 0 atom stereocenters. The van der Waals surface area contributed by atoms with Crippen molar-refractivity contribution in [1.82, 2.24) is 5.32 Å². The van der Waals surface area contributed by atoms with Gasteiger partial charge in [0.15, 0.2) is 18.1 Å². The standard InChI is InChI=1S/C20H21ClFNO5/c1-3-27-19-16(21)10-14(11-17(19)26-2)20(25)28-12-18(24)23-9-8-13-4-6-15(22)7-5-13/h4-7,10-11H,3,8-9,12H2,1-2H3,(H,23,24). The van der Waals surface area contributed by atoms with Crippen molar-refractivity contribution < 1.29 is 28.2 Å². The zero-order valence-electron chi connectivity index (χ0n) is 15.6. The summed E-state index contributed by atoms with van der Waals surface area (Å²) in [4.78, 5) is 24.0. The Labute approximate surface area is 167 Å². The van der Waals surface area contributed by atoms with E-state index in [2.05, 4.69) is 5.32 Å². The van der Waals surface area contributed by atoms with Crippen LogP contribution >= 0.6 is 11.6 Å². The Bertz CT molecular complexity index is 826. The number of carbonyl (C=O) groups excluding carboxylic acids is 2. The summed E-state index contributed by atoms with van der Waals surface area (Å²) in [6.07, 6.45) is 0.533. The molecule has 0 fully saturated rings. The molecule has 1 N–H and O–H groups in total. The Balaban J connectivity index is 1.84. The van der Waals surface area contributed by atoms with Gasteiger partial charge in [-0.15, -0.1) is 0 Å². The van der Waals surface area contributed by atoms with Crippen LogP contribution in [0.3, 0.4) is 0 Å². The fourth-order valence-corrected chi connectivity index (χ4v) is 2.65. The van der Waals surface area contributed by atoms with E-state index >= 15 is 0 Å². The van der Waals surface area contributed by atoms with Crippen LogP contribution in [0.15, 0.2) is 36.4 Å². The predicted molar refractivity (Wildman–Crippen MR) is 103 cm³/mol. The average molecular weight is 410 g/mol. The number of esters is 1. The van der Waals surface area contributed by atoms with E-state index in [1.165, 1.54) is 31.4 Å². The van der Waals surface area contributed by atoms with Gasteiger partial charge < -0.3 is 19.5 Å². The highest BCUT2D eigenvalue weighted by Crippen LogP contribution is 2.36. The van der Waals surface area contributed by atoms with Gasteiger partial charge in [0.25, 0.3) is 5.91 Å². The molecular weight excluding hydrogens is 389 g/mol. The lowest BCUT2D eigenvalue weighted by Gasteiger charge is -2.13. The lowest BCUT2D eigenvalue weighted by atomic mass is 10.1. The second kappa shape index (κ2) is 10.5. The van der Waals surface area contributed by atoms with E-state index in [4.69, 9.17) is 25.8 Å². The fourth-order valence-electron chi connectivity index (χ4n) is 2.38. The van der Waals surface area contributed by atoms with Crippen LogP contribution in [0.25, 0.3) is 0 Å². The largest absolute Gasteiger partial charge is 0.493 e. The van der Waals surface area contributed by atoms with Crippen molar-refractivity contribution in [3.63, 3.8) is 0 Å². The molecule has 0 aliphatic carbocycles. The first-order valence-electron chi connectivity index (χ1n) is 8.63. The van der Waals surface area contributed by atoms with Crippen molar-refractivity contribution in [3.05, 3.63) is 58.4 Å². The summed E-state index contributed by atoms with van der Waals surface area (Å²) in [5.74, 6) is -0.839. The second-order valence-corrected chi connectivity index (χ2v) is 6.13. The number of hydrogen-bond acceptors (Lipinski definition) is 5. The molecule has 0 saturated heterocycles. The number of rotatable bonds is 9. The highest BCUT2D eigenvalue weighted by molar-refractivity contribution is 6.32. The van der Waals surface area contributed by atoms with Gasteiger partial charge in [0.2, 0.25) is 0 Å². The van der Waals surface area contributed by atoms with Gasteiger partial charge in [-0.1, -0.05) is 23.7 Å². The van der Waals surface area contributed by atoms with Gasteiger partial charge in [0.1, 0.15) is 5.82 Å². The van der Waals surface area contributed by atoms with Gasteiger partial charge in [-0.25, -0.2) is 9.18 Å². The number of ether oxygens (including phenoxy) is 3. The molecular formula is C20H21ClFNO5. The van der Waals surface area contributed by atoms with E-state index in [1.54, 1.807) is 19.1 Å². The minimum atomic E-state index is -0.711. The van der Waals surface area contributed by atoms with Crippen LogP contribution in [0.5, 0.6) is 11.5 Å². The fraction of sp³-hybridized carbons (Fsp3) is 0.300. The van der Waals surface area contributed by atoms with Crippen molar-refractivity contribution in [2.45, 2.75) is 13.3 Å². The molecule has 0 saturated carbocycles. The maximum absolute atomic E-state index is 12.8. The van der Waals surface area contributed by atoms with Gasteiger partial charge in [-0.2, -0.15) is 0 Å². The molecule has 0 unspecified atom stereocenters. The summed E-state index contributed by atoms with van der Waals surface area (Å²) in [7, 11) is 1.43. The van der Waals surface area contributed by atoms with E-state index in [0.29, 0.717) is 31.1 Å². The molecule has 150 valence electrons. The number of hydrogen-bond donors (Lipinski definition) is 1. The quantitative estimate of drug-likeness (QED) is 0.642. The molecule has 2 aromatic carbocycles. The van der Waals surface area contributed by atoms with Crippen LogP contribution in [0.1, 0.15) is 22.8 Å². The molecule has 28 heavy (non-hydrogen) atoms. The third-order valence-corrected chi connectivity index (χ3v) is 4.02. The molecule has 0 aliphatic rings. The Morgan fingerprint density at radius 3 is 2.54 bits per heavy atom. The minimum Gasteiger partial charge on any atom is -0.493 e. The monoisotopic (exact) mass is 409 g/mol. The zero-order valence-corrected chi connectivity index (χ0v) is 16.3. The lowest BCUT2D eigenvalue weighted by Crippen LogP contribution is -2.30. The van der Waals surface area contributed by atoms with Crippen LogP contribution in [-0.2, 0) is 16.0 Å². The van der Waals surface area contributed by atoms with E-state index in [9.17, 15) is 14.0 Å². The first-order chi connectivity index (χ1) is 13.4. The molecule has 0 aliphatic heterocycles. The van der Waals surface area contributed by atoms with Crippen molar-refractivity contribution in [2.75, 3.05) is 26.9 Å². The van der Waals surface area contributed by atoms with Crippen LogP contribution in [0.2, 0.25) is 5.02 Å². The van der Waals surface area contributed by atoms with Gasteiger partial charge in [0, 0.05) is 6.54 Å². The zero-order chi connectivity index (χ0) is 20.5. The SMILES string of the molecule is CCOc1c(Cl)cc(C(=O)OCC(=O)NCCc2ccc(F)cc2)cc1OC. The van der Waals surface area contributed by atoms with E-state index in [1.807, 2.05) is 0 Å². The molecule has 2 aromatic rings. The van der Waals surface area contributed by atoms with Gasteiger partial charge in [-0.05, 0) is 43.2 Å². The number of methoxy groups -OCH3 is 1. The molecule has 0 radical (unpaired) electrons. The lowest BCUT2D eigenvalue weighted by molar-refractivity contribution is -0.124. The van der Waals surface area contributed by atoms with Crippen molar-refractivity contribution in [3.8, 4) is 11.5 Å². The third kappa shape index (κ3) is 6.13. The Morgan fingerprint density at radius 2 is 1.89 bits per heavy atom. The molecule has 2 rings (SSSR count). The molecule has 8 heteroatoms. The van der Waals surface area contributed by atoms with Crippen molar-refractivity contribution >= 4 is 23.5 Å². The highest BCUT2D eigenvalue weighted by Gasteiger charge is 2.17. The maximum Gasteiger partial charge on any atom is 0.338 e. The number of halogens is 2. The summed E-state index contributed by atoms with van der Waals surface area (Å²) < 4.78 is 28.4. The van der Waals surface area contributed by atoms with Crippen molar-refractivity contribution in [2.24, 2.45) is 0 Å². The van der Waals surface area contributed by atoms with Gasteiger partial charge in [-0.3, -0.25) is 4.79 Å². The summed E-state index contributed by atoms with van der Waals surface area (Å²) >= 11 is 6.12. The van der Waals surface area contributed by atoms with Crippen LogP contribution in [-0.4, -0.2) is 38.7 Å². The Morgan fingerprint density at radius 1 is 1.18 bits per heavy atom. The van der Waals surface area contributed by atoms with E-state index in [-0.39, 0.29) is 16.4 Å². The number of amides is 1. The number of nitrogens with one attached hydrogen (secondary N) is 1. The summed E-state index contributed by atoms with van der Waals surface area (Å²) in [6.45, 7) is 2.09. The van der Waals surface area contributed by atoms with E-state index < -0.39 is 18.5 Å². The Kier molecular flexibility index (Phi) is 8.07. The molecule has 0 aromatic heterocycles. The summed E-state index contributed by atoms with van der Waals surface area (Å²) in [6, 6.07) is 8.83. The van der Waals surface area contributed by atoms with Gasteiger partial charge >= 0.3 is 5.97 Å².